The number of hydrogen-bond donors (Lipinski definition) is 1. The first-order valence-electron chi connectivity index (χ1n) is 5.56. The van der Waals surface area contributed by atoms with Gasteiger partial charge in [-0.05, 0) is 11.7 Å². The van der Waals surface area contributed by atoms with Crippen LogP contribution in [-0.4, -0.2) is 12.4 Å². The van der Waals surface area contributed by atoms with Gasteiger partial charge in [0, 0.05) is 5.92 Å². The van der Waals surface area contributed by atoms with E-state index in [0.29, 0.717) is 5.75 Å². The fourth-order valence-corrected chi connectivity index (χ4v) is 1.88. The van der Waals surface area contributed by atoms with Crippen LogP contribution in [0.25, 0.3) is 0 Å². The summed E-state index contributed by atoms with van der Waals surface area (Å²) in [6.45, 7) is 3.49. The number of thiol groups is 1. The molecule has 7 heteroatoms. The van der Waals surface area contributed by atoms with Crippen molar-refractivity contribution in [2.75, 3.05) is 12.4 Å². The Labute approximate surface area is 113 Å². The van der Waals surface area contributed by atoms with Gasteiger partial charge in [0.15, 0.2) is 5.75 Å². The highest BCUT2D eigenvalue weighted by molar-refractivity contribution is 7.80. The molecule has 1 aromatic rings. The lowest BCUT2D eigenvalue weighted by Crippen LogP contribution is -2.21. The summed E-state index contributed by atoms with van der Waals surface area (Å²) in [5, 5.41) is 0. The monoisotopic (exact) mass is 300 g/mol. The minimum absolute atomic E-state index is 0.0961. The third-order valence-corrected chi connectivity index (χ3v) is 3.26. The lowest BCUT2D eigenvalue weighted by atomic mass is 9.99. The lowest BCUT2D eigenvalue weighted by Gasteiger charge is -2.19. The molecule has 0 aromatic heterocycles. The van der Waals surface area contributed by atoms with Crippen molar-refractivity contribution in [1.82, 2.24) is 0 Å². The van der Waals surface area contributed by atoms with Gasteiger partial charge in [0.2, 0.25) is 29.1 Å². The summed E-state index contributed by atoms with van der Waals surface area (Å²) in [5.41, 5.74) is 0. The summed E-state index contributed by atoms with van der Waals surface area (Å²) < 4.78 is 70.0. The molecule has 1 nitrogen and oxygen atoms in total. The van der Waals surface area contributed by atoms with Crippen molar-refractivity contribution in [1.29, 1.82) is 0 Å². The van der Waals surface area contributed by atoms with E-state index in [9.17, 15) is 22.0 Å². The van der Waals surface area contributed by atoms with Gasteiger partial charge in [-0.3, -0.25) is 0 Å². The van der Waals surface area contributed by atoms with E-state index in [1.54, 1.807) is 0 Å². The molecule has 0 radical (unpaired) electrons. The molecule has 0 spiro atoms. The van der Waals surface area contributed by atoms with Gasteiger partial charge in [0.1, 0.15) is 0 Å². The highest BCUT2D eigenvalue weighted by atomic mass is 32.1. The zero-order valence-corrected chi connectivity index (χ0v) is 11.2. The smallest absolute Gasteiger partial charge is 0.206 e. The van der Waals surface area contributed by atoms with E-state index < -0.39 is 34.8 Å². The minimum atomic E-state index is -2.20. The van der Waals surface area contributed by atoms with Gasteiger partial charge in [0.05, 0.1) is 6.61 Å². The van der Waals surface area contributed by atoms with Gasteiger partial charge in [0.25, 0.3) is 0 Å². The molecule has 0 saturated carbocycles. The minimum Gasteiger partial charge on any atom is -0.487 e. The van der Waals surface area contributed by atoms with Crippen LogP contribution in [0.15, 0.2) is 0 Å². The van der Waals surface area contributed by atoms with Crippen LogP contribution in [0.3, 0.4) is 0 Å². The maximum Gasteiger partial charge on any atom is 0.206 e. The number of hydrogen-bond acceptors (Lipinski definition) is 2. The molecule has 19 heavy (non-hydrogen) atoms. The fraction of sp³-hybridized carbons (Fsp3) is 0.500. The average Bonchev–Trinajstić information content (AvgIpc) is 2.38. The molecule has 0 saturated heterocycles. The molecule has 0 aliphatic carbocycles. The number of rotatable bonds is 5. The summed E-state index contributed by atoms with van der Waals surface area (Å²) in [6.07, 6.45) is 0. The van der Waals surface area contributed by atoms with Crippen LogP contribution in [0.4, 0.5) is 22.0 Å². The molecule has 0 aliphatic rings. The second-order valence-corrected chi connectivity index (χ2v) is 4.76. The number of ether oxygens (including phenoxy) is 1. The quantitative estimate of drug-likeness (QED) is 0.375. The molecular weight excluding hydrogens is 287 g/mol. The van der Waals surface area contributed by atoms with Gasteiger partial charge in [-0.2, -0.15) is 21.4 Å². The summed E-state index contributed by atoms with van der Waals surface area (Å²) in [7, 11) is 0. The van der Waals surface area contributed by atoms with Crippen LogP contribution < -0.4 is 4.74 Å². The van der Waals surface area contributed by atoms with E-state index >= 15 is 0 Å². The third kappa shape index (κ3) is 3.32. The first kappa shape index (κ1) is 16.1. The Morgan fingerprint density at radius 1 is 0.895 bits per heavy atom. The molecule has 1 atom stereocenters. The van der Waals surface area contributed by atoms with Crippen molar-refractivity contribution in [2.45, 2.75) is 13.8 Å². The second-order valence-electron chi connectivity index (χ2n) is 4.40. The Balaban J connectivity index is 3.02. The van der Waals surface area contributed by atoms with Gasteiger partial charge < -0.3 is 4.74 Å². The van der Waals surface area contributed by atoms with Crippen LogP contribution in [0.5, 0.6) is 5.75 Å². The van der Waals surface area contributed by atoms with Crippen LogP contribution in [0.2, 0.25) is 0 Å². The third-order valence-electron chi connectivity index (χ3n) is 2.79. The van der Waals surface area contributed by atoms with E-state index in [1.807, 2.05) is 13.8 Å². The van der Waals surface area contributed by atoms with Crippen molar-refractivity contribution in [3.05, 3.63) is 29.1 Å². The van der Waals surface area contributed by atoms with Gasteiger partial charge in [-0.15, -0.1) is 0 Å². The van der Waals surface area contributed by atoms with Crippen molar-refractivity contribution >= 4 is 12.6 Å². The molecule has 0 fully saturated rings. The standard InChI is InChI=1S/C12H13F5OS/c1-5(2)6(4-19)3-18-12-10(16)8(14)7(13)9(15)11(12)17/h5-6,19H,3-4H2,1-2H3. The average molecular weight is 300 g/mol. The Kier molecular flexibility index (Phi) is 5.46. The van der Waals surface area contributed by atoms with Gasteiger partial charge in [-0.25, -0.2) is 13.2 Å². The van der Waals surface area contributed by atoms with Crippen molar-refractivity contribution < 1.29 is 26.7 Å². The van der Waals surface area contributed by atoms with Crippen LogP contribution in [-0.2, 0) is 0 Å². The molecule has 1 rings (SSSR count). The molecule has 0 heterocycles. The largest absolute Gasteiger partial charge is 0.487 e. The highest BCUT2D eigenvalue weighted by Crippen LogP contribution is 2.29. The number of halogens is 5. The van der Waals surface area contributed by atoms with E-state index in [2.05, 4.69) is 12.6 Å². The highest BCUT2D eigenvalue weighted by Gasteiger charge is 2.27. The molecular formula is C12H13F5OS. The SMILES string of the molecule is CC(C)C(CS)COc1c(F)c(F)c(F)c(F)c1F. The normalized spacial score (nSPS) is 12.9. The predicted molar refractivity (Wildman–Crippen MR) is 63.9 cm³/mol. The Morgan fingerprint density at radius 3 is 1.68 bits per heavy atom. The maximum absolute atomic E-state index is 13.3. The Bertz CT molecular complexity index is 435. The summed E-state index contributed by atoms with van der Waals surface area (Å²) >= 11 is 4.03. The molecule has 0 bridgehead atoms. The first-order chi connectivity index (χ1) is 8.81. The molecule has 0 N–H and O–H groups in total. The molecule has 108 valence electrons. The summed E-state index contributed by atoms with van der Waals surface area (Å²) in [4.78, 5) is 0. The second kappa shape index (κ2) is 6.45. The lowest BCUT2D eigenvalue weighted by molar-refractivity contribution is 0.202. The summed E-state index contributed by atoms with van der Waals surface area (Å²) in [6, 6.07) is 0. The van der Waals surface area contributed by atoms with Gasteiger partial charge >= 0.3 is 0 Å². The van der Waals surface area contributed by atoms with Crippen LogP contribution in [0.1, 0.15) is 13.8 Å². The molecule has 1 aromatic carbocycles. The van der Waals surface area contributed by atoms with E-state index in [0.717, 1.165) is 0 Å². The predicted octanol–water partition coefficient (Wildman–Crippen LogP) is 3.96. The Morgan fingerprint density at radius 2 is 1.32 bits per heavy atom. The fourth-order valence-electron chi connectivity index (χ4n) is 1.36. The zero-order valence-electron chi connectivity index (χ0n) is 10.3. The van der Waals surface area contributed by atoms with Crippen molar-refractivity contribution in [3.63, 3.8) is 0 Å². The molecule has 1 unspecified atom stereocenters. The molecule has 0 amide bonds. The van der Waals surface area contributed by atoms with Crippen LogP contribution >= 0.6 is 12.6 Å². The maximum atomic E-state index is 13.3. The van der Waals surface area contributed by atoms with Gasteiger partial charge in [-0.1, -0.05) is 13.8 Å². The topological polar surface area (TPSA) is 9.23 Å². The molecule has 0 aliphatic heterocycles. The first-order valence-corrected chi connectivity index (χ1v) is 6.19. The van der Waals surface area contributed by atoms with Crippen molar-refractivity contribution in [2.24, 2.45) is 11.8 Å². The number of benzene rings is 1. The Hall–Kier alpha value is -0.980. The summed E-state index contributed by atoms with van der Waals surface area (Å²) in [5.74, 6) is -11.1. The zero-order chi connectivity index (χ0) is 14.7. The van der Waals surface area contributed by atoms with Crippen molar-refractivity contribution in [3.8, 4) is 5.75 Å². The van der Waals surface area contributed by atoms with E-state index in [4.69, 9.17) is 4.74 Å². The van der Waals surface area contributed by atoms with Crippen LogP contribution in [0, 0.1) is 40.9 Å². The van der Waals surface area contributed by atoms with E-state index in [1.165, 1.54) is 0 Å². The van der Waals surface area contributed by atoms with E-state index in [-0.39, 0.29) is 18.4 Å².